The van der Waals surface area contributed by atoms with E-state index in [4.69, 9.17) is 15.7 Å². The predicted octanol–water partition coefficient (Wildman–Crippen LogP) is 2.80. The lowest BCUT2D eigenvalue weighted by Gasteiger charge is -2.23. The number of nitrogens with two attached hydrogens (primary N) is 1. The quantitative estimate of drug-likeness (QED) is 0.752. The minimum Gasteiger partial charge on any atom is -0.491 e. The average Bonchev–Trinajstić information content (AvgIpc) is 2.39. The Morgan fingerprint density at radius 3 is 2.78 bits per heavy atom. The minimum atomic E-state index is 0.517. The first kappa shape index (κ1) is 14.2. The lowest BCUT2D eigenvalue weighted by Crippen LogP contribution is -2.23. The SMILES string of the molecule is CCCOc1cc(N(CC)CCC#N)ccc1N. The van der Waals surface area contributed by atoms with Crippen LogP contribution in [0.15, 0.2) is 18.2 Å². The van der Waals surface area contributed by atoms with Crippen LogP contribution in [-0.4, -0.2) is 19.7 Å². The summed E-state index contributed by atoms with van der Waals surface area (Å²) in [6.45, 7) is 6.38. The number of rotatable bonds is 7. The minimum absolute atomic E-state index is 0.517. The summed E-state index contributed by atoms with van der Waals surface area (Å²) in [6.07, 6.45) is 1.47. The topological polar surface area (TPSA) is 62.3 Å². The van der Waals surface area contributed by atoms with E-state index in [1.807, 2.05) is 18.2 Å². The molecule has 0 radical (unpaired) electrons. The van der Waals surface area contributed by atoms with Gasteiger partial charge in [-0.3, -0.25) is 0 Å². The van der Waals surface area contributed by atoms with E-state index in [0.717, 1.165) is 30.9 Å². The summed E-state index contributed by atoms with van der Waals surface area (Å²) in [6, 6.07) is 7.94. The molecule has 0 aliphatic carbocycles. The molecule has 2 N–H and O–H groups in total. The van der Waals surface area contributed by atoms with Gasteiger partial charge in [-0.05, 0) is 25.5 Å². The predicted molar refractivity (Wildman–Crippen MR) is 74.8 cm³/mol. The van der Waals surface area contributed by atoms with Crippen molar-refractivity contribution in [2.75, 3.05) is 30.3 Å². The Bertz CT molecular complexity index is 412. The first-order valence-electron chi connectivity index (χ1n) is 6.37. The number of anilines is 2. The monoisotopic (exact) mass is 247 g/mol. The molecule has 1 aromatic carbocycles. The highest BCUT2D eigenvalue weighted by atomic mass is 16.5. The van der Waals surface area contributed by atoms with Crippen LogP contribution in [-0.2, 0) is 0 Å². The lowest BCUT2D eigenvalue weighted by atomic mass is 10.2. The molecule has 0 unspecified atom stereocenters. The van der Waals surface area contributed by atoms with Gasteiger partial charge in [0, 0.05) is 24.8 Å². The molecule has 0 aliphatic heterocycles. The molecule has 4 nitrogen and oxygen atoms in total. The van der Waals surface area contributed by atoms with Crippen LogP contribution in [0, 0.1) is 11.3 Å². The molecular formula is C14H21N3O. The van der Waals surface area contributed by atoms with Crippen LogP contribution in [0.5, 0.6) is 5.75 Å². The number of nitrogen functional groups attached to an aromatic ring is 1. The molecule has 0 heterocycles. The van der Waals surface area contributed by atoms with Crippen LogP contribution in [0.25, 0.3) is 0 Å². The zero-order valence-corrected chi connectivity index (χ0v) is 11.1. The van der Waals surface area contributed by atoms with Crippen LogP contribution in [0.3, 0.4) is 0 Å². The van der Waals surface area contributed by atoms with E-state index < -0.39 is 0 Å². The van der Waals surface area contributed by atoms with Crippen LogP contribution >= 0.6 is 0 Å². The number of nitrogens with zero attached hydrogens (tertiary/aromatic N) is 2. The van der Waals surface area contributed by atoms with Gasteiger partial charge in [-0.15, -0.1) is 0 Å². The standard InChI is InChI=1S/C14H21N3O/c1-3-10-18-14-11-12(6-7-13(14)16)17(4-2)9-5-8-15/h6-7,11H,3-5,9-10,16H2,1-2H3. The smallest absolute Gasteiger partial charge is 0.144 e. The second-order valence-corrected chi connectivity index (χ2v) is 4.06. The largest absolute Gasteiger partial charge is 0.491 e. The first-order valence-corrected chi connectivity index (χ1v) is 6.37. The first-order chi connectivity index (χ1) is 8.72. The Morgan fingerprint density at radius 1 is 1.39 bits per heavy atom. The van der Waals surface area contributed by atoms with Gasteiger partial charge >= 0.3 is 0 Å². The summed E-state index contributed by atoms with van der Waals surface area (Å²) in [4.78, 5) is 2.14. The molecular weight excluding hydrogens is 226 g/mol. The third-order valence-corrected chi connectivity index (χ3v) is 2.70. The molecule has 18 heavy (non-hydrogen) atoms. The molecule has 0 bridgehead atoms. The van der Waals surface area contributed by atoms with Crippen molar-refractivity contribution in [2.45, 2.75) is 26.7 Å². The molecule has 0 saturated carbocycles. The van der Waals surface area contributed by atoms with E-state index >= 15 is 0 Å². The maximum atomic E-state index is 8.65. The highest BCUT2D eigenvalue weighted by Crippen LogP contribution is 2.28. The van der Waals surface area contributed by atoms with Gasteiger partial charge in [0.05, 0.1) is 24.8 Å². The van der Waals surface area contributed by atoms with Crippen molar-refractivity contribution < 1.29 is 4.74 Å². The molecule has 1 aromatic rings. The number of hydrogen-bond donors (Lipinski definition) is 1. The molecule has 0 fully saturated rings. The van der Waals surface area contributed by atoms with Gasteiger partial charge in [0.25, 0.3) is 0 Å². The lowest BCUT2D eigenvalue weighted by molar-refractivity contribution is 0.319. The molecule has 0 aromatic heterocycles. The maximum Gasteiger partial charge on any atom is 0.144 e. The summed E-state index contributed by atoms with van der Waals surface area (Å²) in [5, 5.41) is 8.65. The van der Waals surface area contributed by atoms with Crippen molar-refractivity contribution in [1.29, 1.82) is 5.26 Å². The van der Waals surface area contributed by atoms with Crippen molar-refractivity contribution >= 4 is 11.4 Å². The van der Waals surface area contributed by atoms with Gasteiger partial charge in [0.2, 0.25) is 0 Å². The molecule has 98 valence electrons. The Kier molecular flexibility index (Phi) is 5.86. The van der Waals surface area contributed by atoms with Crippen molar-refractivity contribution in [1.82, 2.24) is 0 Å². The second kappa shape index (κ2) is 7.44. The zero-order chi connectivity index (χ0) is 13.4. The van der Waals surface area contributed by atoms with Gasteiger partial charge in [0.15, 0.2) is 0 Å². The van der Waals surface area contributed by atoms with Crippen molar-refractivity contribution in [3.63, 3.8) is 0 Å². The zero-order valence-electron chi connectivity index (χ0n) is 11.1. The highest BCUT2D eigenvalue weighted by molar-refractivity contribution is 5.62. The third-order valence-electron chi connectivity index (χ3n) is 2.70. The summed E-state index contributed by atoms with van der Waals surface area (Å²) in [5.74, 6) is 0.727. The molecule has 4 heteroatoms. The third kappa shape index (κ3) is 3.85. The summed E-state index contributed by atoms with van der Waals surface area (Å²) in [7, 11) is 0. The number of benzene rings is 1. The summed E-state index contributed by atoms with van der Waals surface area (Å²) < 4.78 is 5.61. The summed E-state index contributed by atoms with van der Waals surface area (Å²) >= 11 is 0. The maximum absolute atomic E-state index is 8.65. The Labute approximate surface area is 109 Å². The van der Waals surface area contributed by atoms with Crippen LogP contribution < -0.4 is 15.4 Å². The van der Waals surface area contributed by atoms with E-state index in [1.54, 1.807) is 0 Å². The normalized spacial score (nSPS) is 9.83. The van der Waals surface area contributed by atoms with E-state index in [0.29, 0.717) is 18.7 Å². The van der Waals surface area contributed by atoms with Crippen molar-refractivity contribution in [3.8, 4) is 11.8 Å². The number of ether oxygens (including phenoxy) is 1. The van der Waals surface area contributed by atoms with Gasteiger partial charge in [-0.25, -0.2) is 0 Å². The Morgan fingerprint density at radius 2 is 2.17 bits per heavy atom. The van der Waals surface area contributed by atoms with E-state index in [1.165, 1.54) is 0 Å². The fraction of sp³-hybridized carbons (Fsp3) is 0.500. The summed E-state index contributed by atoms with van der Waals surface area (Å²) in [5.41, 5.74) is 7.58. The van der Waals surface area contributed by atoms with E-state index in [9.17, 15) is 0 Å². The molecule has 0 amide bonds. The van der Waals surface area contributed by atoms with Gasteiger partial charge < -0.3 is 15.4 Å². The molecule has 0 spiro atoms. The fourth-order valence-corrected chi connectivity index (χ4v) is 1.71. The van der Waals surface area contributed by atoms with Gasteiger partial charge in [-0.1, -0.05) is 6.92 Å². The van der Waals surface area contributed by atoms with Gasteiger partial charge in [0.1, 0.15) is 5.75 Å². The average molecular weight is 247 g/mol. The van der Waals surface area contributed by atoms with Gasteiger partial charge in [-0.2, -0.15) is 5.26 Å². The fourth-order valence-electron chi connectivity index (χ4n) is 1.71. The molecule has 0 saturated heterocycles. The second-order valence-electron chi connectivity index (χ2n) is 4.06. The number of nitriles is 1. The van der Waals surface area contributed by atoms with Crippen LogP contribution in [0.4, 0.5) is 11.4 Å². The number of hydrogen-bond acceptors (Lipinski definition) is 4. The van der Waals surface area contributed by atoms with E-state index in [2.05, 4.69) is 24.8 Å². The molecule has 0 aliphatic rings. The highest BCUT2D eigenvalue weighted by Gasteiger charge is 2.07. The van der Waals surface area contributed by atoms with Crippen molar-refractivity contribution in [3.05, 3.63) is 18.2 Å². The van der Waals surface area contributed by atoms with Crippen LogP contribution in [0.2, 0.25) is 0 Å². The Balaban J connectivity index is 2.84. The van der Waals surface area contributed by atoms with E-state index in [-0.39, 0.29) is 0 Å². The van der Waals surface area contributed by atoms with Crippen molar-refractivity contribution in [2.24, 2.45) is 0 Å². The molecule has 0 atom stereocenters. The molecule has 1 rings (SSSR count). The Hall–Kier alpha value is -1.89. The van der Waals surface area contributed by atoms with Crippen LogP contribution in [0.1, 0.15) is 26.7 Å².